The molecule has 1 atom stereocenters. The highest BCUT2D eigenvalue weighted by molar-refractivity contribution is 7.98. The Morgan fingerprint density at radius 3 is 2.62 bits per heavy atom. The summed E-state index contributed by atoms with van der Waals surface area (Å²) in [6.45, 7) is 4.05. The molecule has 0 aromatic heterocycles. The Hall–Kier alpha value is -0.820. The molecule has 1 heterocycles. The van der Waals surface area contributed by atoms with E-state index in [1.807, 2.05) is 23.3 Å². The highest BCUT2D eigenvalue weighted by Crippen LogP contribution is 2.11. The van der Waals surface area contributed by atoms with Crippen LogP contribution in [0.5, 0.6) is 0 Å². The molecular weight excluding hydrogens is 349 g/mol. The van der Waals surface area contributed by atoms with Gasteiger partial charge in [0.15, 0.2) is 0 Å². The molecule has 7 heteroatoms. The van der Waals surface area contributed by atoms with Gasteiger partial charge >= 0.3 is 0 Å². The molecule has 1 aromatic rings. The maximum atomic E-state index is 13.0. The summed E-state index contributed by atoms with van der Waals surface area (Å²) in [5.41, 5.74) is 7.10. The van der Waals surface area contributed by atoms with Gasteiger partial charge in [-0.1, -0.05) is 12.1 Å². The fourth-order valence-electron chi connectivity index (χ4n) is 2.80. The molecule has 136 valence electrons. The van der Waals surface area contributed by atoms with E-state index in [1.165, 1.54) is 12.1 Å². The van der Waals surface area contributed by atoms with Crippen LogP contribution < -0.4 is 5.73 Å². The molecule has 0 bridgehead atoms. The van der Waals surface area contributed by atoms with Gasteiger partial charge in [-0.25, -0.2) is 4.39 Å². The molecule has 1 unspecified atom stereocenters. The van der Waals surface area contributed by atoms with Crippen molar-refractivity contribution in [3.8, 4) is 0 Å². The maximum absolute atomic E-state index is 13.0. The first-order valence-corrected chi connectivity index (χ1v) is 9.49. The third-order valence-electron chi connectivity index (χ3n) is 4.17. The summed E-state index contributed by atoms with van der Waals surface area (Å²) < 4.78 is 13.0. The van der Waals surface area contributed by atoms with Crippen molar-refractivity contribution in [2.24, 2.45) is 5.73 Å². The topological polar surface area (TPSA) is 49.6 Å². The second kappa shape index (κ2) is 10.9. The van der Waals surface area contributed by atoms with Crippen molar-refractivity contribution >= 4 is 30.1 Å². The van der Waals surface area contributed by atoms with Crippen LogP contribution in [0.3, 0.4) is 0 Å². The van der Waals surface area contributed by atoms with Gasteiger partial charge in [0, 0.05) is 32.7 Å². The monoisotopic (exact) mass is 375 g/mol. The SMILES string of the molecule is CSCCC(N)C(=O)N1CCCN(Cc2ccc(F)cc2)CC1.Cl. The molecule has 0 saturated carbocycles. The molecule has 0 radical (unpaired) electrons. The molecule has 1 fully saturated rings. The number of nitrogens with two attached hydrogens (primary N) is 1. The van der Waals surface area contributed by atoms with Crippen LogP contribution in [0.25, 0.3) is 0 Å². The number of nitrogens with zero attached hydrogens (tertiary/aromatic N) is 2. The third kappa shape index (κ3) is 6.59. The molecule has 1 amide bonds. The minimum Gasteiger partial charge on any atom is -0.340 e. The van der Waals surface area contributed by atoms with Crippen molar-refractivity contribution in [3.63, 3.8) is 0 Å². The smallest absolute Gasteiger partial charge is 0.239 e. The Kier molecular flexibility index (Phi) is 9.66. The van der Waals surface area contributed by atoms with Gasteiger partial charge < -0.3 is 10.6 Å². The van der Waals surface area contributed by atoms with Gasteiger partial charge in [0.1, 0.15) is 5.82 Å². The maximum Gasteiger partial charge on any atom is 0.239 e. The van der Waals surface area contributed by atoms with Crippen molar-refractivity contribution < 1.29 is 9.18 Å². The number of hydrogen-bond donors (Lipinski definition) is 1. The number of benzene rings is 1. The van der Waals surface area contributed by atoms with E-state index in [0.717, 1.165) is 50.3 Å². The predicted octanol–water partition coefficient (Wildman–Crippen LogP) is 2.36. The second-order valence-electron chi connectivity index (χ2n) is 5.97. The van der Waals surface area contributed by atoms with Crippen LogP contribution in [-0.4, -0.2) is 59.9 Å². The molecule has 2 N–H and O–H groups in total. The zero-order chi connectivity index (χ0) is 16.7. The van der Waals surface area contributed by atoms with Gasteiger partial charge in [0.2, 0.25) is 5.91 Å². The molecule has 2 rings (SSSR count). The first-order chi connectivity index (χ1) is 11.1. The van der Waals surface area contributed by atoms with Gasteiger partial charge in [-0.2, -0.15) is 11.8 Å². The van der Waals surface area contributed by atoms with E-state index < -0.39 is 0 Å². The van der Waals surface area contributed by atoms with E-state index >= 15 is 0 Å². The van der Waals surface area contributed by atoms with Crippen molar-refractivity contribution in [2.45, 2.75) is 25.4 Å². The number of hydrogen-bond acceptors (Lipinski definition) is 4. The fraction of sp³-hybridized carbons (Fsp3) is 0.588. The second-order valence-corrected chi connectivity index (χ2v) is 6.96. The van der Waals surface area contributed by atoms with E-state index in [4.69, 9.17) is 5.73 Å². The number of amides is 1. The summed E-state index contributed by atoms with van der Waals surface area (Å²) in [4.78, 5) is 16.6. The van der Waals surface area contributed by atoms with Crippen LogP contribution in [0.15, 0.2) is 24.3 Å². The van der Waals surface area contributed by atoms with Crippen LogP contribution in [-0.2, 0) is 11.3 Å². The molecule has 0 spiro atoms. The molecule has 4 nitrogen and oxygen atoms in total. The van der Waals surface area contributed by atoms with Crippen LogP contribution in [0.2, 0.25) is 0 Å². The predicted molar refractivity (Wildman–Crippen MR) is 101 cm³/mol. The van der Waals surface area contributed by atoms with E-state index in [1.54, 1.807) is 11.8 Å². The standard InChI is InChI=1S/C17H26FN3OS.ClH/c1-23-12-7-16(19)17(22)21-9-2-8-20(10-11-21)13-14-3-5-15(18)6-4-14;/h3-6,16H,2,7-13,19H2,1H3;1H. The zero-order valence-corrected chi connectivity index (χ0v) is 15.8. The summed E-state index contributed by atoms with van der Waals surface area (Å²) in [7, 11) is 0. The van der Waals surface area contributed by atoms with Gasteiger partial charge in [-0.15, -0.1) is 12.4 Å². The highest BCUT2D eigenvalue weighted by atomic mass is 35.5. The lowest BCUT2D eigenvalue weighted by molar-refractivity contribution is -0.132. The van der Waals surface area contributed by atoms with E-state index in [0.29, 0.717) is 6.54 Å². The number of thioether (sulfide) groups is 1. The number of rotatable bonds is 6. The lowest BCUT2D eigenvalue weighted by atomic mass is 10.2. The Balaban J connectivity index is 0.00000288. The van der Waals surface area contributed by atoms with E-state index in [9.17, 15) is 9.18 Å². The summed E-state index contributed by atoms with van der Waals surface area (Å²) >= 11 is 1.72. The summed E-state index contributed by atoms with van der Waals surface area (Å²) in [6, 6.07) is 6.25. The summed E-state index contributed by atoms with van der Waals surface area (Å²) in [6.07, 6.45) is 3.70. The first kappa shape index (κ1) is 21.2. The van der Waals surface area contributed by atoms with Gasteiger partial charge in [0.25, 0.3) is 0 Å². The lowest BCUT2D eigenvalue weighted by Crippen LogP contribution is -2.45. The average Bonchev–Trinajstić information content (AvgIpc) is 2.79. The Bertz CT molecular complexity index is 503. The first-order valence-electron chi connectivity index (χ1n) is 8.10. The Morgan fingerprint density at radius 1 is 1.25 bits per heavy atom. The average molecular weight is 376 g/mol. The van der Waals surface area contributed by atoms with Gasteiger partial charge in [-0.3, -0.25) is 9.69 Å². The van der Waals surface area contributed by atoms with Crippen molar-refractivity contribution in [1.82, 2.24) is 9.80 Å². The Labute approximate surface area is 154 Å². The molecule has 1 saturated heterocycles. The molecule has 1 aliphatic heterocycles. The van der Waals surface area contributed by atoms with E-state index in [-0.39, 0.29) is 30.2 Å². The number of halogens is 2. The molecule has 0 aliphatic carbocycles. The van der Waals surface area contributed by atoms with Crippen molar-refractivity contribution in [2.75, 3.05) is 38.2 Å². The molecule has 1 aliphatic rings. The van der Waals surface area contributed by atoms with Crippen LogP contribution in [0.4, 0.5) is 4.39 Å². The van der Waals surface area contributed by atoms with Crippen molar-refractivity contribution in [3.05, 3.63) is 35.6 Å². The van der Waals surface area contributed by atoms with Crippen LogP contribution in [0, 0.1) is 5.82 Å². The normalized spacial score (nSPS) is 17.0. The lowest BCUT2D eigenvalue weighted by Gasteiger charge is -2.24. The fourth-order valence-corrected chi connectivity index (χ4v) is 3.29. The van der Waals surface area contributed by atoms with Gasteiger partial charge in [-0.05, 0) is 42.5 Å². The third-order valence-corrected chi connectivity index (χ3v) is 4.81. The molecular formula is C17H27ClFN3OS. The Morgan fingerprint density at radius 2 is 1.96 bits per heavy atom. The van der Waals surface area contributed by atoms with E-state index in [2.05, 4.69) is 4.90 Å². The van der Waals surface area contributed by atoms with Crippen LogP contribution >= 0.6 is 24.2 Å². The molecule has 1 aromatic carbocycles. The van der Waals surface area contributed by atoms with Crippen LogP contribution in [0.1, 0.15) is 18.4 Å². The van der Waals surface area contributed by atoms with Gasteiger partial charge in [0.05, 0.1) is 6.04 Å². The zero-order valence-electron chi connectivity index (χ0n) is 14.1. The minimum absolute atomic E-state index is 0. The number of carbonyl (C=O) groups is 1. The summed E-state index contributed by atoms with van der Waals surface area (Å²) in [5, 5.41) is 0. The minimum atomic E-state index is -0.383. The number of carbonyl (C=O) groups excluding carboxylic acids is 1. The quantitative estimate of drug-likeness (QED) is 0.829. The molecule has 24 heavy (non-hydrogen) atoms. The highest BCUT2D eigenvalue weighted by Gasteiger charge is 2.23. The van der Waals surface area contributed by atoms with Crippen molar-refractivity contribution in [1.29, 1.82) is 0 Å². The largest absolute Gasteiger partial charge is 0.340 e. The summed E-state index contributed by atoms with van der Waals surface area (Å²) in [5.74, 6) is 0.778.